The Hall–Kier alpha value is -1.87. The number of hydrogen-bond acceptors (Lipinski definition) is 1. The highest BCUT2D eigenvalue weighted by Crippen LogP contribution is 2.04. The number of hydrogen-bond donors (Lipinski definition) is 1. The van der Waals surface area contributed by atoms with Crippen molar-refractivity contribution in [1.82, 2.24) is 0 Å². The summed E-state index contributed by atoms with van der Waals surface area (Å²) < 4.78 is 64.0. The summed E-state index contributed by atoms with van der Waals surface area (Å²) in [5.41, 5.74) is 6.60. The van der Waals surface area contributed by atoms with Crippen LogP contribution in [0.1, 0.15) is 15.9 Å². The molecular weight excluding hydrogens is 278 g/mol. The van der Waals surface area contributed by atoms with Crippen molar-refractivity contribution in [3.05, 3.63) is 35.4 Å². The van der Waals surface area contributed by atoms with Crippen molar-refractivity contribution in [1.29, 1.82) is 0 Å². The maximum atomic E-state index is 10.6. The first-order valence-corrected chi connectivity index (χ1v) is 3.64. The van der Waals surface area contributed by atoms with Crippen LogP contribution in [0.4, 0.5) is 36.6 Å². The molecule has 1 aromatic carbocycles. The van der Waals surface area contributed by atoms with E-state index in [4.69, 9.17) is 42.3 Å². The molecule has 0 radical (unpaired) electrons. The average molecular weight is 287 g/mol. The lowest BCUT2D eigenvalue weighted by molar-refractivity contribution is 0.0999. The van der Waals surface area contributed by atoms with Gasteiger partial charge in [0.2, 0.25) is 5.91 Å². The van der Waals surface area contributed by atoms with Gasteiger partial charge in [-0.25, -0.2) is 0 Å². The fourth-order valence-electron chi connectivity index (χ4n) is 0.849. The first-order chi connectivity index (χ1) is 8.72. The van der Waals surface area contributed by atoms with Crippen LogP contribution < -0.4 is 5.73 Å². The van der Waals surface area contributed by atoms with Crippen molar-refractivity contribution >= 4 is 5.91 Å². The molecule has 108 valence electrons. The van der Waals surface area contributed by atoms with Crippen molar-refractivity contribution in [2.24, 2.45) is 5.73 Å². The second-order valence-corrected chi connectivity index (χ2v) is 2.18. The number of amides is 1. The summed E-state index contributed by atoms with van der Waals surface area (Å²) in [4.78, 5) is 10.6. The molecule has 1 amide bonds. The molecule has 0 aromatic heterocycles. The highest BCUT2D eigenvalue weighted by Gasteiger charge is 2.00. The standard InChI is InChI=1S/C8H9NO.4F2/c1-6-4-2-3-5-7(6)8(9)10;4*1-2/h2-5H,1H3,(H2,9,10);;;;. The first-order valence-electron chi connectivity index (χ1n) is 3.64. The molecule has 0 aliphatic heterocycles. The molecule has 18 heavy (non-hydrogen) atoms. The largest absolute Gasteiger partial charge is 0.366 e. The van der Waals surface area contributed by atoms with E-state index in [9.17, 15) is 4.79 Å². The molecule has 1 aromatic rings. The van der Waals surface area contributed by atoms with Crippen molar-refractivity contribution < 1.29 is 41.4 Å². The van der Waals surface area contributed by atoms with Gasteiger partial charge in [0.15, 0.2) is 0 Å². The molecule has 0 saturated heterocycles. The predicted molar refractivity (Wildman–Crippen MR) is 48.6 cm³/mol. The molecule has 0 spiro atoms. The van der Waals surface area contributed by atoms with E-state index in [1.165, 1.54) is 0 Å². The predicted octanol–water partition coefficient (Wildman–Crippen LogP) is 4.46. The monoisotopic (exact) mass is 287 g/mol. The maximum Gasteiger partial charge on any atom is 0.248 e. The van der Waals surface area contributed by atoms with Gasteiger partial charge in [-0.05, 0) is 18.6 Å². The van der Waals surface area contributed by atoms with E-state index in [-0.39, 0.29) is 5.91 Å². The molecular formula is C8H9F8NO. The van der Waals surface area contributed by atoms with Crippen LogP contribution in [0.3, 0.4) is 0 Å². The average Bonchev–Trinajstić information content (AvgIpc) is 2.48. The Morgan fingerprint density at radius 3 is 1.44 bits per heavy atom. The van der Waals surface area contributed by atoms with Gasteiger partial charge in [-0.15, -0.1) is 0 Å². The van der Waals surface area contributed by atoms with E-state index in [1.807, 2.05) is 19.1 Å². The highest BCUT2D eigenvalue weighted by molar-refractivity contribution is 5.94. The Balaban J connectivity index is -0.000000105. The Morgan fingerprint density at radius 1 is 0.889 bits per heavy atom. The van der Waals surface area contributed by atoms with Crippen LogP contribution in [0.15, 0.2) is 24.3 Å². The number of aryl methyl sites for hydroxylation is 1. The van der Waals surface area contributed by atoms with Crippen LogP contribution in [0.5, 0.6) is 0 Å². The quantitative estimate of drug-likeness (QED) is 0.761. The summed E-state index contributed by atoms with van der Waals surface area (Å²) in [6, 6.07) is 7.26. The minimum absolute atomic E-state index is 0.363. The van der Waals surface area contributed by atoms with E-state index in [0.29, 0.717) is 5.56 Å². The number of rotatable bonds is 1. The highest BCUT2D eigenvalue weighted by atomic mass is 20.0. The van der Waals surface area contributed by atoms with Crippen LogP contribution in [0.25, 0.3) is 0 Å². The Bertz CT molecular complexity index is 273. The minimum Gasteiger partial charge on any atom is -0.366 e. The molecule has 0 fully saturated rings. The molecule has 0 aliphatic rings. The van der Waals surface area contributed by atoms with Crippen molar-refractivity contribution in [3.8, 4) is 0 Å². The number of nitrogens with two attached hydrogens (primary N) is 1. The Morgan fingerprint density at radius 2 is 1.22 bits per heavy atom. The van der Waals surface area contributed by atoms with Gasteiger partial charge < -0.3 is 5.73 Å². The Labute approximate surface area is 96.5 Å². The van der Waals surface area contributed by atoms with Gasteiger partial charge in [0.05, 0.1) is 0 Å². The van der Waals surface area contributed by atoms with Crippen LogP contribution >= 0.6 is 0 Å². The van der Waals surface area contributed by atoms with Crippen LogP contribution in [0.2, 0.25) is 0 Å². The summed E-state index contributed by atoms with van der Waals surface area (Å²) in [6.07, 6.45) is 0. The van der Waals surface area contributed by atoms with E-state index in [1.54, 1.807) is 12.1 Å². The van der Waals surface area contributed by atoms with Gasteiger partial charge in [-0.1, -0.05) is 18.2 Å². The molecule has 0 saturated carbocycles. The topological polar surface area (TPSA) is 43.1 Å². The van der Waals surface area contributed by atoms with Crippen molar-refractivity contribution in [3.63, 3.8) is 0 Å². The van der Waals surface area contributed by atoms with Crippen LogP contribution in [0, 0.1) is 6.92 Å². The van der Waals surface area contributed by atoms with Gasteiger partial charge in [0.1, 0.15) is 0 Å². The third kappa shape index (κ3) is 14.1. The molecule has 10 heteroatoms. The van der Waals surface area contributed by atoms with Gasteiger partial charge in [0, 0.05) is 42.2 Å². The molecule has 0 bridgehead atoms. The molecule has 0 heterocycles. The minimum atomic E-state index is -0.363. The van der Waals surface area contributed by atoms with Crippen LogP contribution in [-0.2, 0) is 0 Å². The Kier molecular flexibility index (Phi) is 34.0. The number of carbonyl (C=O) groups excluding carboxylic acids is 1. The number of benzene rings is 1. The molecule has 0 atom stereocenters. The zero-order chi connectivity index (χ0) is 15.6. The smallest absolute Gasteiger partial charge is 0.248 e. The zero-order valence-electron chi connectivity index (χ0n) is 8.82. The van der Waals surface area contributed by atoms with Crippen molar-refractivity contribution in [2.45, 2.75) is 6.92 Å². The van der Waals surface area contributed by atoms with Gasteiger partial charge >= 0.3 is 0 Å². The lowest BCUT2D eigenvalue weighted by atomic mass is 10.1. The molecule has 1 rings (SSSR count). The van der Waals surface area contributed by atoms with E-state index in [2.05, 4.69) is 0 Å². The van der Waals surface area contributed by atoms with Gasteiger partial charge in [0.25, 0.3) is 0 Å². The SMILES string of the molecule is Cc1ccccc1C(N)=O.FF.FF.FF.FF. The summed E-state index contributed by atoms with van der Waals surface area (Å²) in [5.74, 6) is -0.363. The normalized spacial score (nSPS) is 6.50. The number of halogens is 8. The third-order valence-corrected chi connectivity index (χ3v) is 1.41. The lowest BCUT2D eigenvalue weighted by Crippen LogP contribution is -2.12. The second kappa shape index (κ2) is 24.4. The lowest BCUT2D eigenvalue weighted by Gasteiger charge is -1.97. The molecule has 2 N–H and O–H groups in total. The maximum absolute atomic E-state index is 10.6. The summed E-state index contributed by atoms with van der Waals surface area (Å²) in [7, 11) is 0. The fourth-order valence-corrected chi connectivity index (χ4v) is 0.849. The number of carbonyl (C=O) groups is 1. The number of primary amides is 1. The first kappa shape index (κ1) is 25.1. The molecule has 0 unspecified atom stereocenters. The van der Waals surface area contributed by atoms with Crippen LogP contribution in [-0.4, -0.2) is 5.91 Å². The van der Waals surface area contributed by atoms with Gasteiger partial charge in [-0.2, -0.15) is 0 Å². The van der Waals surface area contributed by atoms with Gasteiger partial charge in [-0.3, -0.25) is 4.79 Å². The molecule has 2 nitrogen and oxygen atoms in total. The summed E-state index contributed by atoms with van der Waals surface area (Å²) in [5, 5.41) is 0. The molecule has 0 aliphatic carbocycles. The third-order valence-electron chi connectivity index (χ3n) is 1.41. The van der Waals surface area contributed by atoms with E-state index < -0.39 is 0 Å². The second-order valence-electron chi connectivity index (χ2n) is 2.18. The van der Waals surface area contributed by atoms with E-state index >= 15 is 0 Å². The summed E-state index contributed by atoms with van der Waals surface area (Å²) >= 11 is 0. The fraction of sp³-hybridized carbons (Fsp3) is 0.125. The zero-order valence-corrected chi connectivity index (χ0v) is 8.82. The van der Waals surface area contributed by atoms with E-state index in [0.717, 1.165) is 5.56 Å². The summed E-state index contributed by atoms with van der Waals surface area (Å²) in [6.45, 7) is 1.86. The van der Waals surface area contributed by atoms with Crippen molar-refractivity contribution in [2.75, 3.05) is 0 Å².